The third-order valence-electron chi connectivity index (χ3n) is 2.99. The van der Waals surface area contributed by atoms with Crippen molar-refractivity contribution in [1.82, 2.24) is 4.90 Å². The number of carboxylic acid groups (broad SMARTS) is 1. The minimum atomic E-state index is -0.777. The summed E-state index contributed by atoms with van der Waals surface area (Å²) in [5.74, 6) is 0.455. The van der Waals surface area contributed by atoms with E-state index in [4.69, 9.17) is 5.11 Å². The third kappa shape index (κ3) is 4.98. The van der Waals surface area contributed by atoms with Crippen LogP contribution in [0.1, 0.15) is 32.6 Å². The van der Waals surface area contributed by atoms with Gasteiger partial charge in [0.2, 0.25) is 5.91 Å². The molecule has 1 rings (SSSR count). The molecule has 1 N–H and O–H groups in total. The lowest BCUT2D eigenvalue weighted by Gasteiger charge is -2.30. The molecule has 1 heterocycles. The van der Waals surface area contributed by atoms with E-state index in [-0.39, 0.29) is 11.8 Å². The number of amides is 1. The van der Waals surface area contributed by atoms with Gasteiger partial charge in [0.05, 0.1) is 11.7 Å². The largest absolute Gasteiger partial charge is 0.481 e. The number of carbonyl (C=O) groups excluding carboxylic acids is 1. The minimum Gasteiger partial charge on any atom is -0.481 e. The molecule has 1 aliphatic heterocycles. The number of piperidine rings is 1. The van der Waals surface area contributed by atoms with E-state index in [2.05, 4.69) is 6.92 Å². The number of carboxylic acids is 1. The van der Waals surface area contributed by atoms with Gasteiger partial charge in [0, 0.05) is 13.1 Å². The summed E-state index contributed by atoms with van der Waals surface area (Å²) in [6.07, 6.45) is 3.78. The molecular weight excluding hydrogens is 238 g/mol. The molecule has 0 aromatic rings. The predicted molar refractivity (Wildman–Crippen MR) is 69.2 cm³/mol. The van der Waals surface area contributed by atoms with Crippen molar-refractivity contribution in [2.75, 3.05) is 24.6 Å². The van der Waals surface area contributed by atoms with Gasteiger partial charge in [-0.2, -0.15) is 11.8 Å². The Morgan fingerprint density at radius 3 is 2.88 bits per heavy atom. The highest BCUT2D eigenvalue weighted by molar-refractivity contribution is 7.99. The van der Waals surface area contributed by atoms with Crippen molar-refractivity contribution in [2.45, 2.75) is 32.6 Å². The number of aliphatic carboxylic acids is 1. The number of carbonyl (C=O) groups is 2. The van der Waals surface area contributed by atoms with Gasteiger partial charge in [-0.05, 0) is 25.0 Å². The Hall–Kier alpha value is -0.710. The topological polar surface area (TPSA) is 57.6 Å². The fourth-order valence-corrected chi connectivity index (χ4v) is 2.90. The molecule has 0 aromatic carbocycles. The zero-order chi connectivity index (χ0) is 12.7. The van der Waals surface area contributed by atoms with E-state index in [1.165, 1.54) is 0 Å². The maximum Gasteiger partial charge on any atom is 0.308 e. The maximum atomic E-state index is 11.8. The lowest BCUT2D eigenvalue weighted by Crippen LogP contribution is -2.43. The van der Waals surface area contributed by atoms with Crippen LogP contribution in [0.2, 0.25) is 0 Å². The number of hydrogen-bond donors (Lipinski definition) is 1. The lowest BCUT2D eigenvalue weighted by atomic mass is 9.98. The molecule has 1 atom stereocenters. The first kappa shape index (κ1) is 14.4. The summed E-state index contributed by atoms with van der Waals surface area (Å²) in [5.41, 5.74) is 0. The summed E-state index contributed by atoms with van der Waals surface area (Å²) < 4.78 is 0. The minimum absolute atomic E-state index is 0.0945. The van der Waals surface area contributed by atoms with Gasteiger partial charge >= 0.3 is 5.97 Å². The van der Waals surface area contributed by atoms with Crippen molar-refractivity contribution < 1.29 is 14.7 Å². The first-order chi connectivity index (χ1) is 8.15. The average Bonchev–Trinajstić information content (AvgIpc) is 2.34. The second-order valence-electron chi connectivity index (χ2n) is 4.42. The van der Waals surface area contributed by atoms with Crippen LogP contribution in [-0.4, -0.2) is 46.5 Å². The molecule has 1 saturated heterocycles. The maximum absolute atomic E-state index is 11.8. The molecule has 1 amide bonds. The fraction of sp³-hybridized carbons (Fsp3) is 0.833. The quantitative estimate of drug-likeness (QED) is 0.740. The van der Waals surface area contributed by atoms with E-state index in [0.29, 0.717) is 18.7 Å². The van der Waals surface area contributed by atoms with Crippen LogP contribution in [0.15, 0.2) is 0 Å². The second kappa shape index (κ2) is 7.58. The second-order valence-corrected chi connectivity index (χ2v) is 5.53. The van der Waals surface area contributed by atoms with Crippen molar-refractivity contribution in [3.8, 4) is 0 Å². The van der Waals surface area contributed by atoms with E-state index < -0.39 is 5.97 Å². The average molecular weight is 259 g/mol. The van der Waals surface area contributed by atoms with Gasteiger partial charge in [-0.3, -0.25) is 9.59 Å². The van der Waals surface area contributed by atoms with E-state index in [1.54, 1.807) is 16.7 Å². The van der Waals surface area contributed by atoms with Gasteiger partial charge in [0.25, 0.3) is 0 Å². The van der Waals surface area contributed by atoms with Gasteiger partial charge in [-0.15, -0.1) is 0 Å². The molecule has 0 unspecified atom stereocenters. The lowest BCUT2D eigenvalue weighted by molar-refractivity contribution is -0.145. The van der Waals surface area contributed by atoms with Crippen LogP contribution in [-0.2, 0) is 9.59 Å². The number of likely N-dealkylation sites (tertiary alicyclic amines) is 1. The van der Waals surface area contributed by atoms with E-state index in [0.717, 1.165) is 31.6 Å². The van der Waals surface area contributed by atoms with E-state index >= 15 is 0 Å². The van der Waals surface area contributed by atoms with Gasteiger partial charge in [-0.25, -0.2) is 0 Å². The van der Waals surface area contributed by atoms with Crippen LogP contribution < -0.4 is 0 Å². The first-order valence-corrected chi connectivity index (χ1v) is 7.39. The number of thioether (sulfide) groups is 1. The molecule has 1 fully saturated rings. The Morgan fingerprint density at radius 1 is 1.47 bits per heavy atom. The van der Waals surface area contributed by atoms with Crippen LogP contribution >= 0.6 is 11.8 Å². The summed E-state index contributed by atoms with van der Waals surface area (Å²) >= 11 is 1.65. The SMILES string of the molecule is CCCCSCC(=O)N1CCC[C@@H](C(=O)O)C1. The van der Waals surface area contributed by atoms with E-state index in [1.807, 2.05) is 0 Å². The summed E-state index contributed by atoms with van der Waals surface area (Å²) in [6.45, 7) is 3.24. The monoisotopic (exact) mass is 259 g/mol. The Bertz CT molecular complexity index is 270. The van der Waals surface area contributed by atoms with Gasteiger partial charge in [0.1, 0.15) is 0 Å². The molecule has 0 spiro atoms. The van der Waals surface area contributed by atoms with Crippen LogP contribution in [0, 0.1) is 5.92 Å². The number of hydrogen-bond acceptors (Lipinski definition) is 3. The summed E-state index contributed by atoms with van der Waals surface area (Å²) in [7, 11) is 0. The summed E-state index contributed by atoms with van der Waals surface area (Å²) in [4.78, 5) is 24.4. The summed E-state index contributed by atoms with van der Waals surface area (Å²) in [5, 5.41) is 8.94. The van der Waals surface area contributed by atoms with E-state index in [9.17, 15) is 9.59 Å². The smallest absolute Gasteiger partial charge is 0.308 e. The van der Waals surface area contributed by atoms with Crippen molar-refractivity contribution in [3.05, 3.63) is 0 Å². The normalized spacial score (nSPS) is 20.3. The molecule has 0 bridgehead atoms. The molecule has 5 heteroatoms. The Kier molecular flexibility index (Phi) is 6.40. The van der Waals surface area contributed by atoms with Crippen LogP contribution in [0.4, 0.5) is 0 Å². The molecule has 0 aromatic heterocycles. The third-order valence-corrected chi connectivity index (χ3v) is 4.02. The molecule has 0 aliphatic carbocycles. The molecule has 17 heavy (non-hydrogen) atoms. The van der Waals surface area contributed by atoms with Crippen molar-refractivity contribution in [3.63, 3.8) is 0 Å². The molecule has 98 valence electrons. The number of nitrogens with zero attached hydrogens (tertiary/aromatic N) is 1. The predicted octanol–water partition coefficient (Wildman–Crippen LogP) is 1.84. The summed E-state index contributed by atoms with van der Waals surface area (Å²) in [6, 6.07) is 0. The van der Waals surface area contributed by atoms with Crippen molar-refractivity contribution >= 4 is 23.6 Å². The highest BCUT2D eigenvalue weighted by Gasteiger charge is 2.27. The van der Waals surface area contributed by atoms with Crippen LogP contribution in [0.3, 0.4) is 0 Å². The van der Waals surface area contributed by atoms with Gasteiger partial charge < -0.3 is 10.0 Å². The Morgan fingerprint density at radius 2 is 2.24 bits per heavy atom. The molecule has 1 aliphatic rings. The number of unbranched alkanes of at least 4 members (excludes halogenated alkanes) is 1. The molecular formula is C12H21NO3S. The molecule has 4 nitrogen and oxygen atoms in total. The van der Waals surface area contributed by atoms with Crippen molar-refractivity contribution in [2.24, 2.45) is 5.92 Å². The standard InChI is InChI=1S/C12H21NO3S/c1-2-3-7-17-9-11(14)13-6-4-5-10(8-13)12(15)16/h10H,2-9H2,1H3,(H,15,16)/t10-/m1/s1. The first-order valence-electron chi connectivity index (χ1n) is 6.23. The van der Waals surface area contributed by atoms with Gasteiger partial charge in [-0.1, -0.05) is 13.3 Å². The Balaban J connectivity index is 2.28. The van der Waals surface area contributed by atoms with Crippen molar-refractivity contribution in [1.29, 1.82) is 0 Å². The highest BCUT2D eigenvalue weighted by Crippen LogP contribution is 2.17. The van der Waals surface area contributed by atoms with Crippen LogP contribution in [0.5, 0.6) is 0 Å². The zero-order valence-electron chi connectivity index (χ0n) is 10.4. The molecule has 0 saturated carbocycles. The highest BCUT2D eigenvalue weighted by atomic mass is 32.2. The van der Waals surface area contributed by atoms with Crippen LogP contribution in [0.25, 0.3) is 0 Å². The van der Waals surface area contributed by atoms with Gasteiger partial charge in [0.15, 0.2) is 0 Å². The fourth-order valence-electron chi connectivity index (χ4n) is 1.90. The Labute approximate surface area is 107 Å². The molecule has 0 radical (unpaired) electrons. The number of rotatable bonds is 6. The zero-order valence-corrected chi connectivity index (χ0v) is 11.2.